The molecule has 0 aliphatic carbocycles. The Bertz CT molecular complexity index is 1150. The normalized spacial score (nSPS) is 18.5. The van der Waals surface area contributed by atoms with Crippen molar-refractivity contribution in [3.63, 3.8) is 0 Å². The Morgan fingerprint density at radius 3 is 2.00 bits per heavy atom. The van der Waals surface area contributed by atoms with Gasteiger partial charge in [0.15, 0.2) is 11.6 Å². The van der Waals surface area contributed by atoms with Crippen molar-refractivity contribution in [1.82, 2.24) is 14.5 Å². The number of hydrogen-bond donors (Lipinski definition) is 0. The van der Waals surface area contributed by atoms with Crippen molar-refractivity contribution in [3.05, 3.63) is 54.6 Å². The maximum atomic E-state index is 13.3. The van der Waals surface area contributed by atoms with E-state index >= 15 is 0 Å². The smallest absolute Gasteiger partial charge is 0.243 e. The van der Waals surface area contributed by atoms with Crippen molar-refractivity contribution in [2.45, 2.75) is 4.90 Å². The maximum absolute atomic E-state index is 13.3. The molecule has 8 nitrogen and oxygen atoms in total. The third-order valence-corrected chi connectivity index (χ3v) is 7.86. The molecule has 2 aromatic carbocycles. The number of piperazine rings is 1. The van der Waals surface area contributed by atoms with Crippen LogP contribution < -0.4 is 9.80 Å². The van der Waals surface area contributed by atoms with E-state index in [1.165, 1.54) is 0 Å². The quantitative estimate of drug-likeness (QED) is 0.615. The van der Waals surface area contributed by atoms with Crippen molar-refractivity contribution in [2.24, 2.45) is 0 Å². The van der Waals surface area contributed by atoms with Crippen molar-refractivity contribution in [1.29, 1.82) is 0 Å². The fourth-order valence-electron chi connectivity index (χ4n) is 4.17. The number of morpholine rings is 1. The maximum Gasteiger partial charge on any atom is 0.243 e. The van der Waals surface area contributed by atoms with Gasteiger partial charge in [0.1, 0.15) is 0 Å². The van der Waals surface area contributed by atoms with Crippen LogP contribution in [0.5, 0.6) is 0 Å². The zero-order valence-corrected chi connectivity index (χ0v) is 18.0. The van der Waals surface area contributed by atoms with Crippen LogP contribution in [0.2, 0.25) is 0 Å². The topological polar surface area (TPSA) is 78.9 Å². The number of aromatic nitrogens is 2. The Morgan fingerprint density at radius 2 is 1.32 bits per heavy atom. The van der Waals surface area contributed by atoms with Crippen LogP contribution in [-0.2, 0) is 14.8 Å². The molecule has 2 saturated heterocycles. The van der Waals surface area contributed by atoms with Crippen LogP contribution in [0.15, 0.2) is 59.5 Å². The predicted molar refractivity (Wildman–Crippen MR) is 120 cm³/mol. The molecule has 3 aromatic rings. The number of fused-ring (bicyclic) bond motifs is 1. The van der Waals surface area contributed by atoms with Gasteiger partial charge in [-0.15, -0.1) is 10.2 Å². The summed E-state index contributed by atoms with van der Waals surface area (Å²) in [6, 6.07) is 17.0. The molecule has 0 amide bonds. The van der Waals surface area contributed by atoms with Gasteiger partial charge in [0.05, 0.1) is 18.1 Å². The highest BCUT2D eigenvalue weighted by atomic mass is 32.2. The van der Waals surface area contributed by atoms with Gasteiger partial charge in [0.25, 0.3) is 0 Å². The molecule has 0 unspecified atom stereocenters. The Labute approximate surface area is 182 Å². The molecule has 3 heterocycles. The minimum Gasteiger partial charge on any atom is -0.378 e. The number of ether oxygens (including phenoxy) is 1. The molecule has 0 N–H and O–H groups in total. The van der Waals surface area contributed by atoms with Gasteiger partial charge < -0.3 is 14.5 Å². The van der Waals surface area contributed by atoms with Gasteiger partial charge in [0.2, 0.25) is 10.0 Å². The number of sulfonamides is 1. The molecule has 31 heavy (non-hydrogen) atoms. The van der Waals surface area contributed by atoms with Gasteiger partial charge in [-0.2, -0.15) is 4.31 Å². The zero-order valence-electron chi connectivity index (χ0n) is 17.2. The lowest BCUT2D eigenvalue weighted by atomic mass is 10.1. The first-order valence-electron chi connectivity index (χ1n) is 10.5. The van der Waals surface area contributed by atoms with E-state index in [0.29, 0.717) is 44.3 Å². The Hall–Kier alpha value is -2.75. The van der Waals surface area contributed by atoms with E-state index in [2.05, 4.69) is 20.0 Å². The van der Waals surface area contributed by atoms with Gasteiger partial charge in [-0.3, -0.25) is 0 Å². The average Bonchev–Trinajstić information content (AvgIpc) is 2.84. The van der Waals surface area contributed by atoms with Gasteiger partial charge >= 0.3 is 0 Å². The summed E-state index contributed by atoms with van der Waals surface area (Å²) in [5.41, 5.74) is 0. The first kappa shape index (κ1) is 20.2. The summed E-state index contributed by atoms with van der Waals surface area (Å²) in [7, 11) is -3.56. The SMILES string of the molecule is O=S(=O)(c1cccc2ccccc12)N1CCN(c2ccc(N3CCOCC3)nn2)CC1. The van der Waals surface area contributed by atoms with Crippen molar-refractivity contribution >= 4 is 32.4 Å². The highest BCUT2D eigenvalue weighted by molar-refractivity contribution is 7.89. The van der Waals surface area contributed by atoms with Gasteiger partial charge in [-0.25, -0.2) is 8.42 Å². The lowest BCUT2D eigenvalue weighted by Gasteiger charge is -2.34. The van der Waals surface area contributed by atoms with Crippen LogP contribution in [0.4, 0.5) is 11.6 Å². The van der Waals surface area contributed by atoms with Crippen molar-refractivity contribution in [3.8, 4) is 0 Å². The standard InChI is InChI=1S/C22H25N5O3S/c28-31(29,20-7-3-5-18-4-1-2-6-19(18)20)27-12-10-25(11-13-27)21-8-9-22(24-23-21)26-14-16-30-17-15-26/h1-9H,10-17H2. The molecule has 0 spiro atoms. The molecule has 5 rings (SSSR count). The van der Waals surface area contributed by atoms with E-state index in [9.17, 15) is 8.42 Å². The number of benzene rings is 2. The summed E-state index contributed by atoms with van der Waals surface area (Å²) >= 11 is 0. The van der Waals surface area contributed by atoms with E-state index in [4.69, 9.17) is 4.74 Å². The first-order valence-corrected chi connectivity index (χ1v) is 12.0. The van der Waals surface area contributed by atoms with Crippen LogP contribution in [-0.4, -0.2) is 75.4 Å². The number of hydrogen-bond acceptors (Lipinski definition) is 7. The van der Waals surface area contributed by atoms with Crippen molar-refractivity contribution in [2.75, 3.05) is 62.3 Å². The molecule has 1 aromatic heterocycles. The summed E-state index contributed by atoms with van der Waals surface area (Å²) in [6.45, 7) is 5.03. The van der Waals surface area contributed by atoms with Gasteiger partial charge in [0, 0.05) is 44.7 Å². The van der Waals surface area contributed by atoms with Gasteiger partial charge in [-0.1, -0.05) is 36.4 Å². The largest absolute Gasteiger partial charge is 0.378 e. The Kier molecular flexibility index (Phi) is 5.47. The molecule has 2 aliphatic rings. The monoisotopic (exact) mass is 439 g/mol. The molecular weight excluding hydrogens is 414 g/mol. The fourth-order valence-corrected chi connectivity index (χ4v) is 5.80. The van der Waals surface area contributed by atoms with E-state index in [1.807, 2.05) is 42.5 Å². The second kappa shape index (κ2) is 8.41. The summed E-state index contributed by atoms with van der Waals surface area (Å²) in [6.07, 6.45) is 0. The second-order valence-electron chi connectivity index (χ2n) is 7.72. The minimum atomic E-state index is -3.56. The van der Waals surface area contributed by atoms with Crippen LogP contribution in [0.1, 0.15) is 0 Å². The van der Waals surface area contributed by atoms with E-state index in [1.54, 1.807) is 16.4 Å². The molecule has 9 heteroatoms. The summed E-state index contributed by atoms with van der Waals surface area (Å²) in [4.78, 5) is 4.62. The highest BCUT2D eigenvalue weighted by Gasteiger charge is 2.30. The molecule has 162 valence electrons. The second-order valence-corrected chi connectivity index (χ2v) is 9.62. The minimum absolute atomic E-state index is 0.369. The molecule has 2 fully saturated rings. The van der Waals surface area contributed by atoms with E-state index < -0.39 is 10.0 Å². The molecular formula is C22H25N5O3S. The fraction of sp³-hybridized carbons (Fsp3) is 0.364. The lowest BCUT2D eigenvalue weighted by molar-refractivity contribution is 0.122. The Balaban J connectivity index is 1.28. The number of anilines is 2. The third-order valence-electron chi connectivity index (χ3n) is 5.90. The third kappa shape index (κ3) is 3.96. The number of rotatable bonds is 4. The van der Waals surface area contributed by atoms with Crippen LogP contribution in [0.3, 0.4) is 0 Å². The van der Waals surface area contributed by atoms with Crippen molar-refractivity contribution < 1.29 is 13.2 Å². The lowest BCUT2D eigenvalue weighted by Crippen LogP contribution is -2.49. The Morgan fingerprint density at radius 1 is 0.710 bits per heavy atom. The van der Waals surface area contributed by atoms with Crippen LogP contribution in [0, 0.1) is 0 Å². The summed E-state index contributed by atoms with van der Waals surface area (Å²) in [5, 5.41) is 10.5. The van der Waals surface area contributed by atoms with E-state index in [-0.39, 0.29) is 0 Å². The summed E-state index contributed by atoms with van der Waals surface area (Å²) < 4.78 is 33.6. The van der Waals surface area contributed by atoms with Crippen LogP contribution in [0.25, 0.3) is 10.8 Å². The zero-order chi connectivity index (χ0) is 21.3. The number of nitrogens with zero attached hydrogens (tertiary/aromatic N) is 5. The summed E-state index contributed by atoms with van der Waals surface area (Å²) in [5.74, 6) is 1.63. The molecule has 0 saturated carbocycles. The highest BCUT2D eigenvalue weighted by Crippen LogP contribution is 2.27. The molecule has 0 radical (unpaired) electrons. The molecule has 2 aliphatic heterocycles. The molecule has 0 bridgehead atoms. The first-order chi connectivity index (χ1) is 15.1. The molecule has 0 atom stereocenters. The van der Waals surface area contributed by atoms with E-state index in [0.717, 1.165) is 35.5 Å². The average molecular weight is 440 g/mol. The van der Waals surface area contributed by atoms with Gasteiger partial charge in [-0.05, 0) is 23.6 Å². The van der Waals surface area contributed by atoms with Crippen LogP contribution >= 0.6 is 0 Å². The predicted octanol–water partition coefficient (Wildman–Crippen LogP) is 1.98.